The van der Waals surface area contributed by atoms with Gasteiger partial charge in [-0.25, -0.2) is 0 Å². The third-order valence-electron chi connectivity index (χ3n) is 3.93. The van der Waals surface area contributed by atoms with Crippen LogP contribution in [-0.2, 0) is 20.9 Å². The number of fused-ring (bicyclic) bond motifs is 1. The highest BCUT2D eigenvalue weighted by Crippen LogP contribution is 2.32. The van der Waals surface area contributed by atoms with Crippen molar-refractivity contribution in [2.45, 2.75) is 32.4 Å². The summed E-state index contributed by atoms with van der Waals surface area (Å²) in [6.45, 7) is 1.95. The minimum absolute atomic E-state index is 0.0590. The number of ketones is 1. The summed E-state index contributed by atoms with van der Waals surface area (Å²) in [6, 6.07) is 8.88. The van der Waals surface area contributed by atoms with E-state index in [1.807, 2.05) is 6.07 Å². The van der Waals surface area contributed by atoms with Gasteiger partial charge in [-0.15, -0.1) is 11.3 Å². The lowest BCUT2D eigenvalue weighted by atomic mass is 10.2. The van der Waals surface area contributed by atoms with Gasteiger partial charge in [-0.1, -0.05) is 12.1 Å². The number of nitrogens with one attached hydrogen (secondary N) is 1. The van der Waals surface area contributed by atoms with Gasteiger partial charge in [-0.05, 0) is 36.1 Å². The second kappa shape index (κ2) is 8.68. The molecule has 2 heterocycles. The number of Topliss-reactive ketones (excluding diaryl/α,β-unsaturated/α-hetero) is 1. The molecule has 1 atom stereocenters. The van der Waals surface area contributed by atoms with Gasteiger partial charge >= 0.3 is 5.97 Å². The van der Waals surface area contributed by atoms with Crippen LogP contribution in [0, 0.1) is 0 Å². The van der Waals surface area contributed by atoms with Gasteiger partial charge in [0.05, 0.1) is 11.3 Å². The second-order valence-corrected chi connectivity index (χ2v) is 6.89. The molecule has 0 spiro atoms. The number of hydrogen-bond donors (Lipinski definition) is 1. The van der Waals surface area contributed by atoms with E-state index in [0.717, 1.165) is 5.56 Å². The third kappa shape index (κ3) is 5.07. The Morgan fingerprint density at radius 1 is 1.19 bits per heavy atom. The zero-order valence-corrected chi connectivity index (χ0v) is 15.5. The van der Waals surface area contributed by atoms with Crippen LogP contribution in [-0.4, -0.2) is 30.6 Å². The van der Waals surface area contributed by atoms with Crippen LogP contribution >= 0.6 is 11.3 Å². The Kier molecular flexibility index (Phi) is 6.08. The normalized spacial score (nSPS) is 13.1. The summed E-state index contributed by atoms with van der Waals surface area (Å²) in [7, 11) is 0. The number of ether oxygens (including phenoxy) is 3. The molecule has 1 aromatic carbocycles. The number of hydrogen-bond acceptors (Lipinski definition) is 7. The Morgan fingerprint density at radius 3 is 2.78 bits per heavy atom. The van der Waals surface area contributed by atoms with Crippen molar-refractivity contribution < 1.29 is 28.6 Å². The molecule has 0 saturated heterocycles. The maximum Gasteiger partial charge on any atom is 0.307 e. The van der Waals surface area contributed by atoms with Crippen molar-refractivity contribution in [1.82, 2.24) is 5.32 Å². The Morgan fingerprint density at radius 2 is 2.00 bits per heavy atom. The number of thiophene rings is 1. The van der Waals surface area contributed by atoms with Gasteiger partial charge in [-0.2, -0.15) is 0 Å². The van der Waals surface area contributed by atoms with Gasteiger partial charge < -0.3 is 19.5 Å². The Labute approximate surface area is 160 Å². The largest absolute Gasteiger partial charge is 0.454 e. The molecule has 142 valence electrons. The van der Waals surface area contributed by atoms with Gasteiger partial charge in [0, 0.05) is 13.0 Å². The zero-order valence-electron chi connectivity index (χ0n) is 14.7. The predicted octanol–water partition coefficient (Wildman–Crippen LogP) is 2.69. The van der Waals surface area contributed by atoms with Crippen molar-refractivity contribution >= 4 is 29.0 Å². The van der Waals surface area contributed by atoms with Crippen molar-refractivity contribution in [3.05, 3.63) is 46.2 Å². The van der Waals surface area contributed by atoms with Crippen molar-refractivity contribution in [2.24, 2.45) is 0 Å². The Bertz CT molecular complexity index is 833. The van der Waals surface area contributed by atoms with Crippen LogP contribution in [0.15, 0.2) is 35.7 Å². The Hall–Kier alpha value is -2.87. The van der Waals surface area contributed by atoms with E-state index in [4.69, 9.17) is 14.2 Å². The summed E-state index contributed by atoms with van der Waals surface area (Å²) in [5, 5.41) is 4.51. The summed E-state index contributed by atoms with van der Waals surface area (Å²) in [5.41, 5.74) is 0.840. The molecular formula is C19H19NO6S. The average molecular weight is 389 g/mol. The second-order valence-electron chi connectivity index (χ2n) is 5.94. The fourth-order valence-corrected chi connectivity index (χ4v) is 3.16. The highest BCUT2D eigenvalue weighted by molar-refractivity contribution is 7.12. The lowest BCUT2D eigenvalue weighted by Crippen LogP contribution is -2.35. The number of esters is 1. The van der Waals surface area contributed by atoms with E-state index in [-0.39, 0.29) is 32.0 Å². The van der Waals surface area contributed by atoms with Gasteiger partial charge in [-0.3, -0.25) is 14.4 Å². The van der Waals surface area contributed by atoms with Crippen molar-refractivity contribution in [3.8, 4) is 11.5 Å². The molecular weight excluding hydrogens is 370 g/mol. The van der Waals surface area contributed by atoms with Crippen LogP contribution in [0.5, 0.6) is 11.5 Å². The van der Waals surface area contributed by atoms with Crippen molar-refractivity contribution in [3.63, 3.8) is 0 Å². The first-order chi connectivity index (χ1) is 13.0. The molecule has 27 heavy (non-hydrogen) atoms. The molecule has 1 amide bonds. The molecule has 0 radical (unpaired) electrons. The third-order valence-corrected chi connectivity index (χ3v) is 4.84. The highest BCUT2D eigenvalue weighted by atomic mass is 32.1. The topological polar surface area (TPSA) is 90.9 Å². The van der Waals surface area contributed by atoms with Crippen LogP contribution in [0.2, 0.25) is 0 Å². The maximum absolute atomic E-state index is 12.1. The average Bonchev–Trinajstić information content (AvgIpc) is 3.35. The molecule has 1 N–H and O–H groups in total. The summed E-state index contributed by atoms with van der Waals surface area (Å²) in [4.78, 5) is 36.4. The zero-order chi connectivity index (χ0) is 19.2. The van der Waals surface area contributed by atoms with Crippen molar-refractivity contribution in [1.29, 1.82) is 0 Å². The molecule has 1 aliphatic rings. The number of amides is 1. The molecule has 1 aliphatic heterocycles. The molecule has 8 heteroatoms. The summed E-state index contributed by atoms with van der Waals surface area (Å²) in [6.07, 6.45) is -0.940. The fourth-order valence-electron chi connectivity index (χ4n) is 2.47. The minimum Gasteiger partial charge on any atom is -0.454 e. The first kappa shape index (κ1) is 18.9. The number of rotatable bonds is 8. The van der Waals surface area contributed by atoms with Crippen LogP contribution < -0.4 is 14.8 Å². The minimum atomic E-state index is -0.941. The lowest BCUT2D eigenvalue weighted by Gasteiger charge is -2.13. The van der Waals surface area contributed by atoms with E-state index in [1.165, 1.54) is 18.3 Å². The molecule has 1 aromatic heterocycles. The van der Waals surface area contributed by atoms with Gasteiger partial charge in [0.2, 0.25) is 6.79 Å². The van der Waals surface area contributed by atoms with E-state index >= 15 is 0 Å². The first-order valence-electron chi connectivity index (χ1n) is 8.45. The predicted molar refractivity (Wildman–Crippen MR) is 97.8 cm³/mol. The molecule has 7 nitrogen and oxygen atoms in total. The number of carbonyl (C=O) groups excluding carboxylic acids is 3. The van der Waals surface area contributed by atoms with Crippen LogP contribution in [0.1, 0.15) is 35.0 Å². The van der Waals surface area contributed by atoms with Gasteiger partial charge in [0.25, 0.3) is 5.91 Å². The molecule has 0 bridgehead atoms. The van der Waals surface area contributed by atoms with E-state index in [1.54, 1.807) is 29.6 Å². The molecule has 0 aliphatic carbocycles. The number of carbonyl (C=O) groups is 3. The molecule has 0 saturated carbocycles. The summed E-state index contributed by atoms with van der Waals surface area (Å²) < 4.78 is 15.6. The Balaban J connectivity index is 1.40. The number of benzene rings is 1. The first-order valence-corrected chi connectivity index (χ1v) is 9.33. The summed E-state index contributed by atoms with van der Waals surface area (Å²) in [5.74, 6) is 0.208. The van der Waals surface area contributed by atoms with Gasteiger partial charge in [0.15, 0.2) is 23.4 Å². The van der Waals surface area contributed by atoms with E-state index in [0.29, 0.717) is 16.4 Å². The lowest BCUT2D eigenvalue weighted by molar-refractivity contribution is -0.154. The molecule has 0 fully saturated rings. The fraction of sp³-hybridized carbons (Fsp3) is 0.316. The SMILES string of the molecule is C[C@@H](OC(=O)CCC(=O)c1cccs1)C(=O)NCc1ccc2c(c1)OCO2. The summed E-state index contributed by atoms with van der Waals surface area (Å²) >= 11 is 1.33. The van der Waals surface area contributed by atoms with E-state index < -0.39 is 18.0 Å². The van der Waals surface area contributed by atoms with E-state index in [9.17, 15) is 14.4 Å². The monoisotopic (exact) mass is 389 g/mol. The smallest absolute Gasteiger partial charge is 0.307 e. The molecule has 0 unspecified atom stereocenters. The maximum atomic E-state index is 12.1. The van der Waals surface area contributed by atoms with Crippen LogP contribution in [0.25, 0.3) is 0 Å². The van der Waals surface area contributed by atoms with Gasteiger partial charge in [0.1, 0.15) is 0 Å². The van der Waals surface area contributed by atoms with Crippen LogP contribution in [0.4, 0.5) is 0 Å². The molecule has 2 aromatic rings. The van der Waals surface area contributed by atoms with E-state index in [2.05, 4.69) is 5.32 Å². The quantitative estimate of drug-likeness (QED) is 0.551. The standard InChI is InChI=1S/C19H19NO6S/c1-12(26-18(22)7-5-14(21)17-3-2-8-27-17)19(23)20-10-13-4-6-15-16(9-13)25-11-24-15/h2-4,6,8-9,12H,5,7,10-11H2,1H3,(H,20,23)/t12-/m1/s1. The highest BCUT2D eigenvalue weighted by Gasteiger charge is 2.19. The van der Waals surface area contributed by atoms with Crippen LogP contribution in [0.3, 0.4) is 0 Å². The van der Waals surface area contributed by atoms with Crippen molar-refractivity contribution in [2.75, 3.05) is 6.79 Å². The molecule has 3 rings (SSSR count).